The van der Waals surface area contributed by atoms with Crippen molar-refractivity contribution < 1.29 is 23.7 Å². The lowest BCUT2D eigenvalue weighted by atomic mass is 10.0. The van der Waals surface area contributed by atoms with E-state index in [0.29, 0.717) is 22.6 Å². The number of carbonyl (C=O) groups is 2. The number of carbonyl (C=O) groups excluding carboxylic acids is 2. The van der Waals surface area contributed by atoms with Crippen LogP contribution in [0.15, 0.2) is 42.5 Å². The Morgan fingerprint density at radius 1 is 1.15 bits per heavy atom. The van der Waals surface area contributed by atoms with Gasteiger partial charge in [-0.3, -0.25) is 9.59 Å². The van der Waals surface area contributed by atoms with Crippen LogP contribution in [-0.2, 0) is 20.7 Å². The molecule has 174 valence electrons. The highest BCUT2D eigenvalue weighted by atomic mass is 35.5. The molecule has 0 radical (unpaired) electrons. The van der Waals surface area contributed by atoms with E-state index in [-0.39, 0.29) is 24.5 Å². The maximum atomic E-state index is 13.7. The molecular formula is C24H25ClFN2O4P. The molecule has 0 spiro atoms. The van der Waals surface area contributed by atoms with Crippen LogP contribution >= 0.6 is 18.7 Å². The summed E-state index contributed by atoms with van der Waals surface area (Å²) in [5, 5.41) is 14.4. The van der Waals surface area contributed by atoms with Crippen LogP contribution in [-0.4, -0.2) is 40.4 Å². The zero-order chi connectivity index (χ0) is 23.4. The summed E-state index contributed by atoms with van der Waals surface area (Å²) in [7, 11) is -2.40. The number of benzene rings is 2. The third-order valence-electron chi connectivity index (χ3n) is 6.79. The molecule has 3 fully saturated rings. The molecule has 0 unspecified atom stereocenters. The summed E-state index contributed by atoms with van der Waals surface area (Å²) in [4.78, 5) is 27.0. The number of hydrogen-bond donors (Lipinski definition) is 2. The maximum Gasteiger partial charge on any atom is 0.268 e. The first-order valence-corrected chi connectivity index (χ1v) is 13.4. The van der Waals surface area contributed by atoms with Gasteiger partial charge in [0, 0.05) is 46.8 Å². The number of nitrogens with one attached hydrogen (secondary N) is 1. The highest BCUT2D eigenvalue weighted by Crippen LogP contribution is 2.69. The molecule has 1 aliphatic heterocycles. The van der Waals surface area contributed by atoms with Gasteiger partial charge in [0.15, 0.2) is 0 Å². The van der Waals surface area contributed by atoms with Gasteiger partial charge in [-0.1, -0.05) is 11.6 Å². The fraction of sp³-hybridized carbons (Fsp3) is 0.417. The first-order chi connectivity index (χ1) is 15.7. The molecule has 33 heavy (non-hydrogen) atoms. The maximum absolute atomic E-state index is 13.7. The summed E-state index contributed by atoms with van der Waals surface area (Å²) < 4.78 is 27.2. The molecule has 0 bridgehead atoms. The molecule has 5 rings (SSSR count). The summed E-state index contributed by atoms with van der Waals surface area (Å²) >= 11 is 5.83. The highest BCUT2D eigenvalue weighted by molar-refractivity contribution is 7.73. The van der Waals surface area contributed by atoms with Crippen LogP contribution in [0.4, 0.5) is 10.1 Å². The Labute approximate surface area is 196 Å². The van der Waals surface area contributed by atoms with Crippen LogP contribution in [0, 0.1) is 5.82 Å². The van der Waals surface area contributed by atoms with Crippen LogP contribution in [0.25, 0.3) is 0 Å². The summed E-state index contributed by atoms with van der Waals surface area (Å²) in [6.07, 6.45) is 4.01. The van der Waals surface area contributed by atoms with E-state index in [4.69, 9.17) is 11.6 Å². The van der Waals surface area contributed by atoms with E-state index in [9.17, 15) is 23.7 Å². The Morgan fingerprint density at radius 2 is 1.79 bits per heavy atom. The van der Waals surface area contributed by atoms with Crippen molar-refractivity contribution in [2.24, 2.45) is 0 Å². The SMILES string of the molecule is O=C(NCc1cc(F)cc(Cl)c1)[C@@]1(O)CCN(c2ccc(P(=O)(C3CC3)C3CC3)cc2)C1=O. The molecule has 9 heteroatoms. The topological polar surface area (TPSA) is 86.7 Å². The smallest absolute Gasteiger partial charge is 0.268 e. The summed E-state index contributed by atoms with van der Waals surface area (Å²) in [6, 6.07) is 11.1. The number of rotatable bonds is 7. The number of aliphatic hydroxyl groups is 1. The van der Waals surface area contributed by atoms with Crippen LogP contribution in [0.3, 0.4) is 0 Å². The number of anilines is 1. The molecule has 3 aliphatic rings. The van der Waals surface area contributed by atoms with Crippen LogP contribution in [0.1, 0.15) is 37.7 Å². The van der Waals surface area contributed by atoms with Gasteiger partial charge in [-0.25, -0.2) is 4.39 Å². The molecule has 0 aromatic heterocycles. The van der Waals surface area contributed by atoms with Gasteiger partial charge in [0.2, 0.25) is 5.60 Å². The number of hydrogen-bond acceptors (Lipinski definition) is 4. The Hall–Kier alpha value is -2.21. The fourth-order valence-electron chi connectivity index (χ4n) is 4.71. The van der Waals surface area contributed by atoms with E-state index in [2.05, 4.69) is 5.32 Å². The summed E-state index contributed by atoms with van der Waals surface area (Å²) in [6.45, 7) is 0.106. The van der Waals surface area contributed by atoms with Gasteiger partial charge in [-0.05, 0) is 73.7 Å². The van der Waals surface area contributed by atoms with Gasteiger partial charge in [0.05, 0.1) is 0 Å². The molecule has 2 aromatic carbocycles. The average Bonchev–Trinajstić information content (AvgIpc) is 3.69. The molecule has 1 atom stereocenters. The van der Waals surface area contributed by atoms with Crippen molar-refractivity contribution in [3.05, 3.63) is 58.9 Å². The molecule has 2 amide bonds. The first-order valence-electron chi connectivity index (χ1n) is 11.2. The Bertz CT molecular complexity index is 1130. The van der Waals surface area contributed by atoms with E-state index in [1.807, 2.05) is 12.1 Å². The molecular weight excluding hydrogens is 466 g/mol. The Morgan fingerprint density at radius 3 is 2.36 bits per heavy atom. The standard InChI is InChI=1S/C24H25ClFN2O4P/c25-16-11-15(12-17(26)13-16)14-27-22(29)24(31)9-10-28(23(24)30)18-1-3-19(4-2-18)33(32,20-5-6-20)21-7-8-21/h1-4,11-13,20-21,31H,5-10,14H2,(H,27,29)/t24-/m0/s1. The van der Waals surface area contributed by atoms with Crippen LogP contribution in [0.5, 0.6) is 0 Å². The molecule has 2 aromatic rings. The van der Waals surface area contributed by atoms with E-state index in [0.717, 1.165) is 37.1 Å². The van der Waals surface area contributed by atoms with Gasteiger partial charge in [0.1, 0.15) is 13.0 Å². The van der Waals surface area contributed by atoms with Gasteiger partial charge in [-0.2, -0.15) is 0 Å². The van der Waals surface area contributed by atoms with Gasteiger partial charge in [0.25, 0.3) is 11.8 Å². The summed E-state index contributed by atoms with van der Waals surface area (Å²) in [5.74, 6) is -2.08. The summed E-state index contributed by atoms with van der Waals surface area (Å²) in [5.41, 5.74) is -0.627. The molecule has 6 nitrogen and oxygen atoms in total. The Kier molecular flexibility index (Phi) is 5.63. The van der Waals surface area contributed by atoms with Crippen molar-refractivity contribution in [3.63, 3.8) is 0 Å². The average molecular weight is 491 g/mol. The zero-order valence-electron chi connectivity index (χ0n) is 18.0. The normalized spacial score (nSPS) is 23.1. The molecule has 1 heterocycles. The largest absolute Gasteiger partial charge is 0.372 e. The Balaban J connectivity index is 1.28. The second kappa shape index (κ2) is 8.23. The molecule has 2 aliphatic carbocycles. The van der Waals surface area contributed by atoms with E-state index >= 15 is 0 Å². The minimum absolute atomic E-state index is 0.0635. The van der Waals surface area contributed by atoms with Gasteiger partial charge >= 0.3 is 0 Å². The third-order valence-corrected chi connectivity index (χ3v) is 11.3. The molecule has 1 saturated heterocycles. The van der Waals surface area contributed by atoms with Crippen molar-refractivity contribution in [2.75, 3.05) is 11.4 Å². The van der Waals surface area contributed by atoms with Crippen molar-refractivity contribution in [1.82, 2.24) is 5.32 Å². The third kappa shape index (κ3) is 4.11. The van der Waals surface area contributed by atoms with E-state index in [1.54, 1.807) is 12.1 Å². The first kappa shape index (κ1) is 22.6. The monoisotopic (exact) mass is 490 g/mol. The quantitative estimate of drug-likeness (QED) is 0.459. The second-order valence-electron chi connectivity index (χ2n) is 9.22. The highest BCUT2D eigenvalue weighted by Gasteiger charge is 2.53. The number of amides is 2. The number of halogens is 2. The van der Waals surface area contributed by atoms with Crippen molar-refractivity contribution in [3.8, 4) is 0 Å². The van der Waals surface area contributed by atoms with E-state index in [1.165, 1.54) is 17.0 Å². The molecule has 2 N–H and O–H groups in total. The van der Waals surface area contributed by atoms with Gasteiger partial charge in [-0.15, -0.1) is 0 Å². The minimum atomic E-state index is -2.40. The zero-order valence-corrected chi connectivity index (χ0v) is 19.6. The lowest BCUT2D eigenvalue weighted by Crippen LogP contribution is -2.52. The molecule has 2 saturated carbocycles. The van der Waals surface area contributed by atoms with E-state index < -0.39 is 30.4 Å². The number of nitrogens with zero attached hydrogens (tertiary/aromatic N) is 1. The van der Waals surface area contributed by atoms with Gasteiger partial charge < -0.3 is 19.9 Å². The van der Waals surface area contributed by atoms with Crippen molar-refractivity contribution >= 4 is 41.5 Å². The van der Waals surface area contributed by atoms with Crippen molar-refractivity contribution in [1.29, 1.82) is 0 Å². The predicted octanol–water partition coefficient (Wildman–Crippen LogP) is 3.58. The van der Waals surface area contributed by atoms with Crippen LogP contribution in [0.2, 0.25) is 5.02 Å². The lowest BCUT2D eigenvalue weighted by molar-refractivity contribution is -0.149. The van der Waals surface area contributed by atoms with Crippen LogP contribution < -0.4 is 15.5 Å². The minimum Gasteiger partial charge on any atom is -0.372 e. The predicted molar refractivity (Wildman–Crippen MR) is 125 cm³/mol. The van der Waals surface area contributed by atoms with Crippen molar-refractivity contribution in [2.45, 2.75) is 55.6 Å². The second-order valence-corrected chi connectivity index (χ2v) is 13.0. The fourth-order valence-corrected chi connectivity index (χ4v) is 8.84. The lowest BCUT2D eigenvalue weighted by Gasteiger charge is -2.23.